The zero-order valence-electron chi connectivity index (χ0n) is 49.1. The molecule has 0 spiro atoms. The van der Waals surface area contributed by atoms with Gasteiger partial charge in [-0.05, 0) is 110 Å². The molecule has 4 aromatic carbocycles. The number of imidazole rings is 2. The van der Waals surface area contributed by atoms with Crippen molar-refractivity contribution < 1.29 is 68.5 Å². The lowest BCUT2D eigenvalue weighted by Crippen LogP contribution is -2.19. The summed E-state index contributed by atoms with van der Waals surface area (Å²) in [5.41, 5.74) is -3.63. The monoisotopic (exact) mass is 1320 g/mol. The number of nitrogens with zero attached hydrogens (tertiary/aromatic N) is 8. The first-order valence-corrected chi connectivity index (χ1v) is 29.6. The number of fused-ring (bicyclic) bond motifs is 2. The van der Waals surface area contributed by atoms with Crippen LogP contribution >= 0.6 is 23.2 Å². The Kier molecular flexibility index (Phi) is 17.5. The van der Waals surface area contributed by atoms with Crippen LogP contribution in [0.2, 0.25) is 10.0 Å². The van der Waals surface area contributed by atoms with Crippen molar-refractivity contribution in [3.8, 4) is 34.3 Å². The van der Waals surface area contributed by atoms with E-state index in [4.69, 9.17) is 37.4 Å². The molecule has 2 aliphatic carbocycles. The summed E-state index contributed by atoms with van der Waals surface area (Å²) in [6, 6.07) is 19.0. The van der Waals surface area contributed by atoms with Crippen LogP contribution in [0.1, 0.15) is 101 Å². The second kappa shape index (κ2) is 25.7. The topological polar surface area (TPSA) is 207 Å². The van der Waals surface area contributed by atoms with E-state index in [0.29, 0.717) is 36.8 Å². The Morgan fingerprint density at radius 3 is 1.29 bits per heavy atom. The van der Waals surface area contributed by atoms with Gasteiger partial charge in [0.15, 0.2) is 11.6 Å². The first-order valence-electron chi connectivity index (χ1n) is 28.8. The molecule has 27 heteroatoms. The number of carbonyl (C=O) groups is 4. The Morgan fingerprint density at radius 1 is 0.516 bits per heavy atom. The van der Waals surface area contributed by atoms with Crippen molar-refractivity contribution in [2.24, 2.45) is 10.8 Å². The van der Waals surface area contributed by atoms with Crippen molar-refractivity contribution in [3.05, 3.63) is 211 Å². The van der Waals surface area contributed by atoms with Gasteiger partial charge in [-0.2, -0.15) is 0 Å². The Bertz CT molecular complexity index is 4410. The fraction of sp³-hybridized carbons (Fsp3) is 0.242. The number of alkyl halides is 2. The molecule has 6 heterocycles. The predicted molar refractivity (Wildman–Crippen MR) is 323 cm³/mol. The molecule has 2 saturated carbocycles. The van der Waals surface area contributed by atoms with Gasteiger partial charge in [0.1, 0.15) is 70.6 Å². The normalized spacial score (nSPS) is 13.7. The van der Waals surface area contributed by atoms with E-state index in [9.17, 15) is 28.0 Å². The second-order valence-corrected chi connectivity index (χ2v) is 23.6. The molecule has 0 radical (unpaired) electrons. The van der Waals surface area contributed by atoms with Gasteiger partial charge in [-0.25, -0.2) is 55.9 Å². The summed E-state index contributed by atoms with van der Waals surface area (Å²) in [5.74, 6) is -9.51. The van der Waals surface area contributed by atoms with Crippen molar-refractivity contribution in [1.29, 1.82) is 0 Å². The van der Waals surface area contributed by atoms with E-state index >= 15 is 26.3 Å². The third kappa shape index (κ3) is 13.2. The van der Waals surface area contributed by atoms with E-state index in [1.165, 1.54) is 84.2 Å². The van der Waals surface area contributed by atoms with Crippen LogP contribution in [0.15, 0.2) is 109 Å². The van der Waals surface area contributed by atoms with Gasteiger partial charge < -0.3 is 34.0 Å². The van der Waals surface area contributed by atoms with Gasteiger partial charge in [-0.3, -0.25) is 28.3 Å². The molecule has 476 valence electrons. The van der Waals surface area contributed by atoms with Gasteiger partial charge in [0.2, 0.25) is 11.8 Å². The Hall–Kier alpha value is -9.88. The molecule has 12 rings (SSSR count). The highest BCUT2D eigenvalue weighted by atomic mass is 35.5. The Labute approximate surface area is 533 Å². The number of hydrogen-bond acceptors (Lipinski definition) is 13. The van der Waals surface area contributed by atoms with Crippen LogP contribution in [0.5, 0.6) is 11.8 Å². The van der Waals surface area contributed by atoms with E-state index in [-0.39, 0.29) is 127 Å². The SMILES string of the molecule is CNC(=O)c1cc(Cl)c(COc2cccc(-c3cc(F)c(Cc4nc5c(F)cc(C(=O)OC(=O)c6cc(F)c7nc(Cc8cc(F)c(-c9cccc(OCc%10cnc(C(=O)NC)cc%10Cl)n9)cc8F)n(CC8(CF)CC8)c7c6)cc5n4CC4(CF)CC4)cc3F)n2)cn1. The van der Waals surface area contributed by atoms with Gasteiger partial charge in [0, 0.05) is 97.6 Å². The molecular weight excluding hydrogens is 1270 g/mol. The summed E-state index contributed by atoms with van der Waals surface area (Å²) >= 11 is 12.7. The van der Waals surface area contributed by atoms with E-state index in [1.54, 1.807) is 0 Å². The summed E-state index contributed by atoms with van der Waals surface area (Å²) in [7, 11) is 2.89. The first-order chi connectivity index (χ1) is 44.7. The van der Waals surface area contributed by atoms with E-state index < -0.39 is 107 Å². The molecule has 0 unspecified atom stereocenters. The number of hydrogen-bond donors (Lipinski definition) is 2. The number of rotatable bonds is 22. The standard InChI is InChI=1S/C66H50Cl2F8N10O7/c1-77-61(87)51-23-41(67)37(25-79-51)27-91-57-7-3-5-49(81-57)39-21-43(71)33(13-45(39)73)19-55-83-59-47(75)15-35(17-53(59)85(55)31-65(29-69)9-10-65)63(89)93-64(90)36-16-48(76)60-54(18-36)86(32-66(30-70)11-12-66)56(84-60)20-34-14-46(74)40(22-44(34)72)50-6-4-8-58(82-50)92-28-38-26-80-52(24-42(38)68)62(88)78-2/h3-8,13-18,21-26H,9-12,19-20,27-32H2,1-2H3,(H,77,87)(H,78,88). The highest BCUT2D eigenvalue weighted by Gasteiger charge is 2.45. The summed E-state index contributed by atoms with van der Waals surface area (Å²) in [6.07, 6.45) is 3.51. The van der Waals surface area contributed by atoms with Gasteiger partial charge in [-0.15, -0.1) is 0 Å². The molecule has 2 N–H and O–H groups in total. The number of carbonyl (C=O) groups excluding carboxylic acids is 4. The summed E-state index contributed by atoms with van der Waals surface area (Å²) in [5, 5.41) is 5.28. The number of nitrogens with one attached hydrogen (secondary N) is 2. The molecule has 2 amide bonds. The van der Waals surface area contributed by atoms with Crippen molar-refractivity contribution in [2.45, 2.75) is 64.8 Å². The van der Waals surface area contributed by atoms with Crippen molar-refractivity contribution >= 4 is 69.0 Å². The zero-order valence-corrected chi connectivity index (χ0v) is 50.6. The fourth-order valence-corrected chi connectivity index (χ4v) is 11.0. The van der Waals surface area contributed by atoms with Crippen LogP contribution < -0.4 is 20.1 Å². The Balaban J connectivity index is 0.776. The number of esters is 2. The number of ether oxygens (including phenoxy) is 3. The third-order valence-electron chi connectivity index (χ3n) is 16.4. The zero-order chi connectivity index (χ0) is 65.6. The van der Waals surface area contributed by atoms with E-state index in [2.05, 4.69) is 40.5 Å². The summed E-state index contributed by atoms with van der Waals surface area (Å²) < 4.78 is 146. The third-order valence-corrected chi connectivity index (χ3v) is 17.1. The number of benzene rings is 4. The molecule has 0 aliphatic heterocycles. The maximum absolute atomic E-state index is 16.3. The van der Waals surface area contributed by atoms with E-state index in [1.807, 2.05) is 0 Å². The second-order valence-electron chi connectivity index (χ2n) is 22.8. The molecular formula is C66H50Cl2F8N10O7. The molecule has 2 fully saturated rings. The largest absolute Gasteiger partial charge is 0.473 e. The predicted octanol–water partition coefficient (Wildman–Crippen LogP) is 13.0. The van der Waals surface area contributed by atoms with Crippen LogP contribution in [-0.2, 0) is 43.9 Å². The molecule has 0 bridgehead atoms. The van der Waals surface area contributed by atoms with E-state index in [0.717, 1.165) is 48.5 Å². The minimum atomic E-state index is -1.40. The first kappa shape index (κ1) is 63.3. The maximum atomic E-state index is 16.3. The van der Waals surface area contributed by atoms with Crippen LogP contribution in [-0.4, -0.2) is 90.2 Å². The smallest absolute Gasteiger partial charge is 0.346 e. The van der Waals surface area contributed by atoms with Crippen LogP contribution in [0.4, 0.5) is 35.1 Å². The number of amides is 2. The quantitative estimate of drug-likeness (QED) is 0.0368. The van der Waals surface area contributed by atoms with Gasteiger partial charge in [0.25, 0.3) is 11.8 Å². The molecule has 17 nitrogen and oxygen atoms in total. The highest BCUT2D eigenvalue weighted by Crippen LogP contribution is 2.49. The molecule has 93 heavy (non-hydrogen) atoms. The fourth-order valence-electron chi connectivity index (χ4n) is 10.6. The van der Waals surface area contributed by atoms with Crippen LogP contribution in [0, 0.1) is 45.7 Å². The molecule has 2 aliphatic rings. The number of pyridine rings is 4. The molecule has 0 atom stereocenters. The average Bonchev–Trinajstić information content (AvgIpc) is 1.61. The lowest BCUT2D eigenvalue weighted by molar-refractivity contribution is 0.0396. The lowest BCUT2D eigenvalue weighted by atomic mass is 10.0. The van der Waals surface area contributed by atoms with Crippen molar-refractivity contribution in [1.82, 2.24) is 49.7 Å². The molecule has 0 saturated heterocycles. The average molecular weight is 1320 g/mol. The number of aromatic nitrogens is 8. The summed E-state index contributed by atoms with van der Waals surface area (Å²) in [6.45, 7) is -2.10. The Morgan fingerprint density at radius 2 is 0.925 bits per heavy atom. The maximum Gasteiger partial charge on any atom is 0.346 e. The van der Waals surface area contributed by atoms with Crippen molar-refractivity contribution in [3.63, 3.8) is 0 Å². The lowest BCUT2D eigenvalue weighted by Gasteiger charge is -2.16. The minimum absolute atomic E-state index is 0.00305. The van der Waals surface area contributed by atoms with Crippen LogP contribution in [0.25, 0.3) is 44.6 Å². The molecule has 6 aromatic heterocycles. The van der Waals surface area contributed by atoms with Gasteiger partial charge in [0.05, 0.1) is 56.9 Å². The highest BCUT2D eigenvalue weighted by molar-refractivity contribution is 6.32. The van der Waals surface area contributed by atoms with Gasteiger partial charge in [-0.1, -0.05) is 35.3 Å². The summed E-state index contributed by atoms with van der Waals surface area (Å²) in [4.78, 5) is 77.4. The van der Waals surface area contributed by atoms with Crippen LogP contribution in [0.3, 0.4) is 0 Å². The van der Waals surface area contributed by atoms with Gasteiger partial charge >= 0.3 is 11.9 Å². The molecule has 10 aromatic rings. The minimum Gasteiger partial charge on any atom is -0.473 e. The number of halogens is 10. The van der Waals surface area contributed by atoms with Crippen molar-refractivity contribution in [2.75, 3.05) is 27.4 Å².